The van der Waals surface area contributed by atoms with Crippen LogP contribution in [0.5, 0.6) is 5.75 Å². The number of aliphatic carboxylic acids is 1. The Morgan fingerprint density at radius 1 is 1.35 bits per heavy atom. The third kappa shape index (κ3) is 3.12. The highest BCUT2D eigenvalue weighted by Crippen LogP contribution is 2.29. The number of carbonyl (C=O) groups is 1. The maximum absolute atomic E-state index is 10.3. The molecule has 0 aliphatic heterocycles. The van der Waals surface area contributed by atoms with Crippen LogP contribution in [0.4, 0.5) is 0 Å². The first kappa shape index (κ1) is 12.2. The van der Waals surface area contributed by atoms with E-state index < -0.39 is 5.97 Å². The number of hydrogen-bond acceptors (Lipinski definition) is 5. The number of carboxylic acid groups (broad SMARTS) is 1. The molecule has 6 heteroatoms. The molecule has 17 heavy (non-hydrogen) atoms. The van der Waals surface area contributed by atoms with Gasteiger partial charge in [0.2, 0.25) is 0 Å². The SMILES string of the molecule is O=C(O)COc1ccc(-c2cssc2=S)cc1. The third-order valence-electron chi connectivity index (χ3n) is 2.04. The number of benzene rings is 1. The fourth-order valence-electron chi connectivity index (χ4n) is 1.27. The van der Waals surface area contributed by atoms with E-state index in [1.807, 2.05) is 17.5 Å². The van der Waals surface area contributed by atoms with E-state index >= 15 is 0 Å². The normalized spacial score (nSPS) is 10.1. The van der Waals surface area contributed by atoms with Crippen molar-refractivity contribution in [2.75, 3.05) is 6.61 Å². The Morgan fingerprint density at radius 3 is 2.59 bits per heavy atom. The van der Waals surface area contributed by atoms with E-state index in [2.05, 4.69) is 0 Å². The Balaban J connectivity index is 2.16. The Kier molecular flexibility index (Phi) is 3.88. The van der Waals surface area contributed by atoms with Crippen molar-refractivity contribution in [1.82, 2.24) is 0 Å². The maximum atomic E-state index is 10.3. The summed E-state index contributed by atoms with van der Waals surface area (Å²) in [6.45, 7) is -0.327. The molecule has 0 fully saturated rings. The highest BCUT2D eigenvalue weighted by atomic mass is 32.9. The smallest absolute Gasteiger partial charge is 0.341 e. The van der Waals surface area contributed by atoms with Gasteiger partial charge in [0.25, 0.3) is 0 Å². The van der Waals surface area contributed by atoms with Gasteiger partial charge >= 0.3 is 5.97 Å². The molecule has 0 saturated carbocycles. The molecule has 1 heterocycles. The largest absolute Gasteiger partial charge is 0.482 e. The fraction of sp³-hybridized carbons (Fsp3) is 0.0909. The van der Waals surface area contributed by atoms with Gasteiger partial charge in [-0.3, -0.25) is 0 Å². The van der Waals surface area contributed by atoms with Gasteiger partial charge in [0, 0.05) is 10.9 Å². The van der Waals surface area contributed by atoms with Crippen LogP contribution in [0.2, 0.25) is 0 Å². The van der Waals surface area contributed by atoms with E-state index in [1.165, 1.54) is 0 Å². The van der Waals surface area contributed by atoms with Crippen molar-refractivity contribution in [2.45, 2.75) is 0 Å². The lowest BCUT2D eigenvalue weighted by Crippen LogP contribution is -2.09. The van der Waals surface area contributed by atoms with Crippen LogP contribution in [0, 0.1) is 3.82 Å². The summed E-state index contributed by atoms with van der Waals surface area (Å²) in [4.78, 5) is 10.3. The van der Waals surface area contributed by atoms with E-state index in [0.29, 0.717) is 5.75 Å². The van der Waals surface area contributed by atoms with Gasteiger partial charge in [-0.25, -0.2) is 4.79 Å². The van der Waals surface area contributed by atoms with Crippen LogP contribution in [-0.2, 0) is 4.79 Å². The van der Waals surface area contributed by atoms with Crippen molar-refractivity contribution < 1.29 is 14.6 Å². The average Bonchev–Trinajstić information content (AvgIpc) is 2.73. The summed E-state index contributed by atoms with van der Waals surface area (Å²) in [5, 5.41) is 10.5. The molecule has 2 aromatic rings. The molecule has 0 atom stereocenters. The minimum Gasteiger partial charge on any atom is -0.482 e. The van der Waals surface area contributed by atoms with Crippen LogP contribution in [0.1, 0.15) is 0 Å². The average molecular weight is 284 g/mol. The van der Waals surface area contributed by atoms with E-state index in [-0.39, 0.29) is 6.61 Å². The molecule has 88 valence electrons. The minimum atomic E-state index is -0.985. The van der Waals surface area contributed by atoms with Crippen LogP contribution < -0.4 is 4.74 Å². The minimum absolute atomic E-state index is 0.327. The van der Waals surface area contributed by atoms with Crippen molar-refractivity contribution in [3.8, 4) is 16.9 Å². The quantitative estimate of drug-likeness (QED) is 0.687. The van der Waals surface area contributed by atoms with Crippen LogP contribution in [0.25, 0.3) is 11.1 Å². The van der Waals surface area contributed by atoms with Gasteiger partial charge in [0.1, 0.15) is 9.57 Å². The first-order valence-corrected chi connectivity index (χ1v) is 7.32. The highest BCUT2D eigenvalue weighted by Gasteiger charge is 2.03. The number of hydrogen-bond donors (Lipinski definition) is 1. The monoisotopic (exact) mass is 284 g/mol. The zero-order valence-corrected chi connectivity index (χ0v) is 11.0. The Morgan fingerprint density at radius 2 is 2.06 bits per heavy atom. The van der Waals surface area contributed by atoms with Gasteiger partial charge in [-0.15, -0.1) is 0 Å². The van der Waals surface area contributed by atoms with Crippen molar-refractivity contribution in [2.24, 2.45) is 0 Å². The van der Waals surface area contributed by atoms with Gasteiger partial charge in [-0.2, -0.15) is 0 Å². The molecule has 0 radical (unpaired) electrons. The topological polar surface area (TPSA) is 46.5 Å². The van der Waals surface area contributed by atoms with E-state index in [4.69, 9.17) is 22.1 Å². The zero-order valence-electron chi connectivity index (χ0n) is 8.58. The van der Waals surface area contributed by atoms with Gasteiger partial charge in [0.05, 0.1) is 0 Å². The summed E-state index contributed by atoms with van der Waals surface area (Å²) in [6.07, 6.45) is 0. The van der Waals surface area contributed by atoms with Gasteiger partial charge in [-0.1, -0.05) is 45.0 Å². The Hall–Kier alpha value is -1.24. The van der Waals surface area contributed by atoms with Crippen molar-refractivity contribution in [3.63, 3.8) is 0 Å². The zero-order chi connectivity index (χ0) is 12.3. The summed E-state index contributed by atoms with van der Waals surface area (Å²) in [7, 11) is 3.17. The summed E-state index contributed by atoms with van der Waals surface area (Å²) < 4.78 is 5.92. The summed E-state index contributed by atoms with van der Waals surface area (Å²) in [5.41, 5.74) is 2.06. The molecule has 3 nitrogen and oxygen atoms in total. The van der Waals surface area contributed by atoms with Crippen molar-refractivity contribution >= 4 is 38.9 Å². The third-order valence-corrected chi connectivity index (χ3v) is 4.70. The van der Waals surface area contributed by atoms with Crippen molar-refractivity contribution in [3.05, 3.63) is 33.5 Å². The molecule has 2 rings (SSSR count). The lowest BCUT2D eigenvalue weighted by Gasteiger charge is -2.03. The van der Waals surface area contributed by atoms with Gasteiger partial charge < -0.3 is 9.84 Å². The predicted octanol–water partition coefficient (Wildman–Crippen LogP) is 3.67. The van der Waals surface area contributed by atoms with E-state index in [1.54, 1.807) is 32.8 Å². The van der Waals surface area contributed by atoms with Crippen LogP contribution in [0.3, 0.4) is 0 Å². The second kappa shape index (κ2) is 5.39. The van der Waals surface area contributed by atoms with Crippen molar-refractivity contribution in [1.29, 1.82) is 0 Å². The van der Waals surface area contributed by atoms with Gasteiger partial charge in [0.15, 0.2) is 6.61 Å². The second-order valence-corrected chi connectivity index (χ2v) is 5.95. The van der Waals surface area contributed by atoms with Crippen LogP contribution >= 0.6 is 32.9 Å². The first-order valence-electron chi connectivity index (χ1n) is 4.69. The fourth-order valence-corrected chi connectivity index (χ4v) is 3.67. The molecule has 0 unspecified atom stereocenters. The molecule has 0 saturated heterocycles. The number of rotatable bonds is 4. The lowest BCUT2D eigenvalue weighted by atomic mass is 10.1. The van der Waals surface area contributed by atoms with Crippen LogP contribution in [-0.4, -0.2) is 17.7 Å². The molecule has 0 aliphatic rings. The van der Waals surface area contributed by atoms with Gasteiger partial charge in [-0.05, 0) is 17.7 Å². The standard InChI is InChI=1S/C11H8O3S3/c12-10(13)5-14-8-3-1-7(2-4-8)9-6-16-17-11(9)15/h1-4,6H,5H2,(H,12,13). The van der Waals surface area contributed by atoms with Crippen LogP contribution in [0.15, 0.2) is 29.6 Å². The Labute approximate surface area is 110 Å². The van der Waals surface area contributed by atoms with E-state index in [0.717, 1.165) is 15.0 Å². The first-order chi connectivity index (χ1) is 8.16. The number of carboxylic acids is 1. The molecule has 0 amide bonds. The Bertz CT molecular complexity index is 568. The predicted molar refractivity (Wildman–Crippen MR) is 71.6 cm³/mol. The molecular weight excluding hydrogens is 276 g/mol. The lowest BCUT2D eigenvalue weighted by molar-refractivity contribution is -0.139. The summed E-state index contributed by atoms with van der Waals surface area (Å²) in [6, 6.07) is 7.24. The summed E-state index contributed by atoms with van der Waals surface area (Å²) in [5.74, 6) is -0.442. The molecule has 1 N–H and O–H groups in total. The molecule has 0 spiro atoms. The maximum Gasteiger partial charge on any atom is 0.341 e. The molecule has 0 bridgehead atoms. The summed E-state index contributed by atoms with van der Waals surface area (Å²) >= 11 is 5.21. The highest BCUT2D eigenvalue weighted by molar-refractivity contribution is 7.79. The van der Waals surface area contributed by atoms with E-state index in [9.17, 15) is 4.79 Å². The molecule has 1 aromatic heterocycles. The second-order valence-electron chi connectivity index (χ2n) is 3.21. The molecule has 0 aliphatic carbocycles. The number of ether oxygens (including phenoxy) is 1. The molecule has 1 aromatic carbocycles. The molecular formula is C11H8O3S3.